The summed E-state index contributed by atoms with van der Waals surface area (Å²) >= 11 is 1.32. The first-order valence-electron chi connectivity index (χ1n) is 7.98. The lowest BCUT2D eigenvalue weighted by Gasteiger charge is -2.13. The molecule has 0 aliphatic carbocycles. The number of benzene rings is 1. The van der Waals surface area contributed by atoms with Gasteiger partial charge in [0.25, 0.3) is 5.56 Å². The summed E-state index contributed by atoms with van der Waals surface area (Å²) < 4.78 is 1.67. The molecule has 0 saturated carbocycles. The van der Waals surface area contributed by atoms with Crippen molar-refractivity contribution in [1.29, 1.82) is 0 Å². The molecule has 0 aliphatic heterocycles. The van der Waals surface area contributed by atoms with Gasteiger partial charge in [0, 0.05) is 12.6 Å². The molecule has 1 N–H and O–H groups in total. The normalized spacial score (nSPS) is 12.3. The maximum Gasteiger partial charge on any atom is 0.262 e. The largest absolute Gasteiger partial charge is 0.353 e. The smallest absolute Gasteiger partial charge is 0.262 e. The minimum absolute atomic E-state index is 0.0326. The molecular weight excluding hydrogens is 310 g/mol. The molecule has 0 saturated heterocycles. The Labute approximate surface area is 140 Å². The van der Waals surface area contributed by atoms with Crippen LogP contribution >= 0.6 is 11.8 Å². The number of hydrogen-bond donors (Lipinski definition) is 1. The summed E-state index contributed by atoms with van der Waals surface area (Å²) in [6, 6.07) is 7.49. The van der Waals surface area contributed by atoms with E-state index in [1.165, 1.54) is 11.8 Å². The predicted octanol–water partition coefficient (Wildman–Crippen LogP) is 2.81. The van der Waals surface area contributed by atoms with Gasteiger partial charge in [-0.05, 0) is 31.9 Å². The van der Waals surface area contributed by atoms with Crippen molar-refractivity contribution >= 4 is 28.6 Å². The second kappa shape index (κ2) is 8.15. The predicted molar refractivity (Wildman–Crippen MR) is 94.9 cm³/mol. The third-order valence-electron chi connectivity index (χ3n) is 3.63. The lowest BCUT2D eigenvalue weighted by Crippen LogP contribution is -2.33. The van der Waals surface area contributed by atoms with Crippen molar-refractivity contribution in [3.05, 3.63) is 34.6 Å². The standard InChI is InChI=1S/C17H23N3O2S/c1-4-10-20-16(22)13-8-6-7-9-14(13)19-17(20)23-11-15(21)18-12(3)5-2/h6-9,12H,4-5,10-11H2,1-3H3,(H,18,21)/t12-/m1/s1. The molecule has 2 aromatic rings. The van der Waals surface area contributed by atoms with E-state index >= 15 is 0 Å². The van der Waals surface area contributed by atoms with Crippen molar-refractivity contribution in [3.63, 3.8) is 0 Å². The molecule has 1 aromatic carbocycles. The number of hydrogen-bond acceptors (Lipinski definition) is 4. The Morgan fingerprint density at radius 2 is 2.09 bits per heavy atom. The molecule has 0 aliphatic rings. The van der Waals surface area contributed by atoms with Crippen LogP contribution in [-0.2, 0) is 11.3 Å². The average molecular weight is 333 g/mol. The Morgan fingerprint density at radius 1 is 1.35 bits per heavy atom. The molecule has 23 heavy (non-hydrogen) atoms. The highest BCUT2D eigenvalue weighted by atomic mass is 32.2. The van der Waals surface area contributed by atoms with Crippen molar-refractivity contribution < 1.29 is 4.79 Å². The number of nitrogens with one attached hydrogen (secondary N) is 1. The second-order valence-corrected chi connectivity index (χ2v) is 6.48. The van der Waals surface area contributed by atoms with Gasteiger partial charge in [-0.25, -0.2) is 4.98 Å². The Balaban J connectivity index is 2.26. The first kappa shape index (κ1) is 17.5. The van der Waals surface area contributed by atoms with Crippen LogP contribution in [-0.4, -0.2) is 27.3 Å². The van der Waals surface area contributed by atoms with Gasteiger partial charge in [0.1, 0.15) is 0 Å². The fourth-order valence-corrected chi connectivity index (χ4v) is 3.06. The number of thioether (sulfide) groups is 1. The van der Waals surface area contributed by atoms with E-state index in [4.69, 9.17) is 0 Å². The monoisotopic (exact) mass is 333 g/mol. The zero-order valence-electron chi connectivity index (χ0n) is 13.8. The summed E-state index contributed by atoms with van der Waals surface area (Å²) in [5, 5.41) is 4.15. The summed E-state index contributed by atoms with van der Waals surface area (Å²) in [6.45, 7) is 6.63. The third-order valence-corrected chi connectivity index (χ3v) is 4.60. The fourth-order valence-electron chi connectivity index (χ4n) is 2.23. The molecule has 0 bridgehead atoms. The average Bonchev–Trinajstić information content (AvgIpc) is 2.55. The number of carbonyl (C=O) groups excluding carboxylic acids is 1. The molecule has 0 spiro atoms. The zero-order chi connectivity index (χ0) is 16.8. The molecule has 5 nitrogen and oxygen atoms in total. The van der Waals surface area contributed by atoms with Crippen molar-refractivity contribution in [2.75, 3.05) is 5.75 Å². The van der Waals surface area contributed by atoms with Gasteiger partial charge in [0.05, 0.1) is 16.7 Å². The van der Waals surface area contributed by atoms with Gasteiger partial charge in [-0.15, -0.1) is 0 Å². The van der Waals surface area contributed by atoms with E-state index in [9.17, 15) is 9.59 Å². The molecule has 6 heteroatoms. The number of fused-ring (bicyclic) bond motifs is 1. The summed E-state index contributed by atoms with van der Waals surface area (Å²) in [7, 11) is 0. The Hall–Kier alpha value is -1.82. The van der Waals surface area contributed by atoms with E-state index in [0.717, 1.165) is 12.8 Å². The highest BCUT2D eigenvalue weighted by Gasteiger charge is 2.13. The maximum absolute atomic E-state index is 12.6. The van der Waals surface area contributed by atoms with Crippen molar-refractivity contribution in [3.8, 4) is 0 Å². The molecule has 1 heterocycles. The molecule has 0 radical (unpaired) electrons. The maximum atomic E-state index is 12.6. The van der Waals surface area contributed by atoms with Crippen LogP contribution < -0.4 is 10.9 Å². The number of amides is 1. The number of nitrogens with zero attached hydrogens (tertiary/aromatic N) is 2. The van der Waals surface area contributed by atoms with Gasteiger partial charge >= 0.3 is 0 Å². The molecule has 2 rings (SSSR count). The summed E-state index contributed by atoms with van der Waals surface area (Å²) in [5.74, 6) is 0.230. The first-order chi connectivity index (χ1) is 11.1. The van der Waals surface area contributed by atoms with E-state index in [2.05, 4.69) is 10.3 Å². The quantitative estimate of drug-likeness (QED) is 0.625. The summed E-state index contributed by atoms with van der Waals surface area (Å²) in [6.07, 6.45) is 1.73. The molecule has 0 fully saturated rings. The number of aromatic nitrogens is 2. The van der Waals surface area contributed by atoms with E-state index in [1.807, 2.05) is 39.0 Å². The topological polar surface area (TPSA) is 64.0 Å². The van der Waals surface area contributed by atoms with Crippen LogP contribution in [0.1, 0.15) is 33.6 Å². The highest BCUT2D eigenvalue weighted by molar-refractivity contribution is 7.99. The zero-order valence-corrected chi connectivity index (χ0v) is 14.7. The van der Waals surface area contributed by atoms with Gasteiger partial charge in [-0.3, -0.25) is 14.2 Å². The van der Waals surface area contributed by atoms with Gasteiger partial charge in [-0.2, -0.15) is 0 Å². The summed E-state index contributed by atoms with van der Waals surface area (Å²) in [4.78, 5) is 29.1. The van der Waals surface area contributed by atoms with Crippen molar-refractivity contribution in [2.45, 2.75) is 51.4 Å². The van der Waals surface area contributed by atoms with Crippen LogP contribution in [0.5, 0.6) is 0 Å². The van der Waals surface area contributed by atoms with Gasteiger partial charge in [-0.1, -0.05) is 37.7 Å². The number of rotatable bonds is 7. The molecule has 1 aromatic heterocycles. The minimum Gasteiger partial charge on any atom is -0.353 e. The van der Waals surface area contributed by atoms with Crippen LogP contribution in [0.4, 0.5) is 0 Å². The molecule has 0 unspecified atom stereocenters. The Kier molecular flexibility index (Phi) is 6.21. The fraction of sp³-hybridized carbons (Fsp3) is 0.471. The Morgan fingerprint density at radius 3 is 2.78 bits per heavy atom. The molecular formula is C17H23N3O2S. The van der Waals surface area contributed by atoms with E-state index in [-0.39, 0.29) is 23.3 Å². The molecule has 1 atom stereocenters. The van der Waals surface area contributed by atoms with E-state index < -0.39 is 0 Å². The lowest BCUT2D eigenvalue weighted by atomic mass is 10.2. The third kappa shape index (κ3) is 4.34. The van der Waals surface area contributed by atoms with Crippen LogP contribution in [0.3, 0.4) is 0 Å². The lowest BCUT2D eigenvalue weighted by molar-refractivity contribution is -0.119. The van der Waals surface area contributed by atoms with Crippen LogP contribution in [0.25, 0.3) is 10.9 Å². The second-order valence-electron chi connectivity index (χ2n) is 5.53. The van der Waals surface area contributed by atoms with Crippen molar-refractivity contribution in [1.82, 2.24) is 14.9 Å². The number of para-hydroxylation sites is 1. The summed E-state index contributed by atoms with van der Waals surface area (Å²) in [5.41, 5.74) is 0.636. The van der Waals surface area contributed by atoms with Crippen LogP contribution in [0.15, 0.2) is 34.2 Å². The molecule has 124 valence electrons. The van der Waals surface area contributed by atoms with E-state index in [1.54, 1.807) is 10.6 Å². The highest BCUT2D eigenvalue weighted by Crippen LogP contribution is 2.18. The first-order valence-corrected chi connectivity index (χ1v) is 8.97. The minimum atomic E-state index is -0.0396. The van der Waals surface area contributed by atoms with Gasteiger partial charge in [0.15, 0.2) is 5.16 Å². The van der Waals surface area contributed by atoms with Crippen molar-refractivity contribution in [2.24, 2.45) is 0 Å². The van der Waals surface area contributed by atoms with Gasteiger partial charge in [0.2, 0.25) is 5.91 Å². The van der Waals surface area contributed by atoms with Crippen LogP contribution in [0.2, 0.25) is 0 Å². The molecule has 1 amide bonds. The Bertz CT molecular complexity index is 742. The van der Waals surface area contributed by atoms with Crippen LogP contribution in [0, 0.1) is 0 Å². The SMILES string of the molecule is CCCn1c(SCC(=O)N[C@H](C)CC)nc2ccccc2c1=O. The van der Waals surface area contributed by atoms with E-state index in [0.29, 0.717) is 22.6 Å². The number of carbonyl (C=O) groups is 1. The van der Waals surface area contributed by atoms with Gasteiger partial charge < -0.3 is 5.32 Å².